The average molecular weight is 349 g/mol. The van der Waals surface area contributed by atoms with Crippen LogP contribution in [0.5, 0.6) is 0 Å². The second-order valence-corrected chi connectivity index (χ2v) is 7.18. The molecule has 1 aromatic carbocycles. The molecule has 124 valence electrons. The second kappa shape index (κ2) is 7.41. The maximum absolute atomic E-state index is 12.8. The Bertz CT molecular complexity index is 625. The van der Waals surface area contributed by atoms with E-state index >= 15 is 0 Å². The van der Waals surface area contributed by atoms with Gasteiger partial charge >= 0.3 is 5.97 Å². The van der Waals surface area contributed by atoms with Crippen molar-refractivity contribution in [2.24, 2.45) is 0 Å². The molecule has 0 radical (unpaired) electrons. The standard InChI is InChI=1S/C14H20N2O4S.ClH/c1-10-8-16(9-11(2)15-10)21(18,19)13-7-5-4-6-12(13)14(17)20-3;/h4-7,10-11,15H,8-9H2,1-3H3;1H. The number of sulfonamides is 1. The van der Waals surface area contributed by atoms with E-state index in [1.54, 1.807) is 12.1 Å². The summed E-state index contributed by atoms with van der Waals surface area (Å²) >= 11 is 0. The van der Waals surface area contributed by atoms with Crippen LogP contribution in [0.3, 0.4) is 0 Å². The molecule has 2 unspecified atom stereocenters. The van der Waals surface area contributed by atoms with Gasteiger partial charge in [0.25, 0.3) is 0 Å². The lowest BCUT2D eigenvalue weighted by Gasteiger charge is -2.35. The number of piperazine rings is 1. The molecule has 6 nitrogen and oxygen atoms in total. The highest BCUT2D eigenvalue weighted by atomic mass is 35.5. The smallest absolute Gasteiger partial charge is 0.339 e. The predicted molar refractivity (Wildman–Crippen MR) is 85.8 cm³/mol. The predicted octanol–water partition coefficient (Wildman–Crippen LogP) is 1.27. The number of nitrogens with one attached hydrogen (secondary N) is 1. The summed E-state index contributed by atoms with van der Waals surface area (Å²) in [6, 6.07) is 6.26. The number of esters is 1. The third kappa shape index (κ3) is 3.78. The fraction of sp³-hybridized carbons (Fsp3) is 0.500. The van der Waals surface area contributed by atoms with Crippen molar-refractivity contribution in [3.63, 3.8) is 0 Å². The van der Waals surface area contributed by atoms with Gasteiger partial charge in [-0.25, -0.2) is 13.2 Å². The SMILES string of the molecule is COC(=O)c1ccccc1S(=O)(=O)N1CC(C)NC(C)C1.Cl. The molecule has 22 heavy (non-hydrogen) atoms. The summed E-state index contributed by atoms with van der Waals surface area (Å²) in [5.74, 6) is -0.648. The quantitative estimate of drug-likeness (QED) is 0.832. The van der Waals surface area contributed by atoms with Crippen LogP contribution in [-0.2, 0) is 14.8 Å². The van der Waals surface area contributed by atoms with Gasteiger partial charge in [0, 0.05) is 25.2 Å². The van der Waals surface area contributed by atoms with Crippen LogP contribution in [0.25, 0.3) is 0 Å². The van der Waals surface area contributed by atoms with E-state index in [1.165, 1.54) is 23.5 Å². The highest BCUT2D eigenvalue weighted by molar-refractivity contribution is 7.89. The molecule has 1 saturated heterocycles. The minimum absolute atomic E-state index is 0. The van der Waals surface area contributed by atoms with E-state index in [2.05, 4.69) is 10.1 Å². The van der Waals surface area contributed by atoms with Gasteiger partial charge < -0.3 is 10.1 Å². The van der Waals surface area contributed by atoms with Crippen LogP contribution in [0.1, 0.15) is 24.2 Å². The third-order valence-electron chi connectivity index (χ3n) is 3.43. The van der Waals surface area contributed by atoms with Crippen molar-refractivity contribution >= 4 is 28.4 Å². The summed E-state index contributed by atoms with van der Waals surface area (Å²) in [5.41, 5.74) is 0.0684. The van der Waals surface area contributed by atoms with Gasteiger partial charge in [0.1, 0.15) is 0 Å². The number of rotatable bonds is 3. The van der Waals surface area contributed by atoms with E-state index in [-0.39, 0.29) is 34.9 Å². The van der Waals surface area contributed by atoms with Gasteiger partial charge in [0.15, 0.2) is 0 Å². The molecule has 0 amide bonds. The van der Waals surface area contributed by atoms with Crippen LogP contribution in [0.15, 0.2) is 29.2 Å². The number of hydrogen-bond acceptors (Lipinski definition) is 5. The largest absolute Gasteiger partial charge is 0.465 e. The van der Waals surface area contributed by atoms with E-state index < -0.39 is 16.0 Å². The first-order valence-corrected chi connectivity index (χ1v) is 8.23. The van der Waals surface area contributed by atoms with Crippen LogP contribution in [0.2, 0.25) is 0 Å². The molecule has 8 heteroatoms. The molecule has 0 aromatic heterocycles. The van der Waals surface area contributed by atoms with Gasteiger partial charge in [0.05, 0.1) is 17.6 Å². The van der Waals surface area contributed by atoms with Crippen LogP contribution >= 0.6 is 12.4 Å². The lowest BCUT2D eigenvalue weighted by molar-refractivity contribution is 0.0596. The van der Waals surface area contributed by atoms with E-state index in [0.29, 0.717) is 13.1 Å². The minimum Gasteiger partial charge on any atom is -0.465 e. The molecular formula is C14H21ClN2O4S. The molecule has 1 fully saturated rings. The normalized spacial score (nSPS) is 22.7. The van der Waals surface area contributed by atoms with Gasteiger partial charge in [-0.05, 0) is 26.0 Å². The van der Waals surface area contributed by atoms with E-state index in [9.17, 15) is 13.2 Å². The average Bonchev–Trinajstić information content (AvgIpc) is 2.45. The van der Waals surface area contributed by atoms with Gasteiger partial charge in [-0.1, -0.05) is 12.1 Å². The Morgan fingerprint density at radius 1 is 1.23 bits per heavy atom. The number of ether oxygens (including phenoxy) is 1. The Labute approximate surface area is 137 Å². The van der Waals surface area contributed by atoms with Crippen molar-refractivity contribution in [3.8, 4) is 0 Å². The van der Waals surface area contributed by atoms with Gasteiger partial charge in [-0.15, -0.1) is 12.4 Å². The molecule has 2 atom stereocenters. The van der Waals surface area contributed by atoms with Crippen molar-refractivity contribution in [2.45, 2.75) is 30.8 Å². The lowest BCUT2D eigenvalue weighted by Crippen LogP contribution is -2.55. The van der Waals surface area contributed by atoms with Crippen molar-refractivity contribution in [3.05, 3.63) is 29.8 Å². The van der Waals surface area contributed by atoms with Crippen molar-refractivity contribution < 1.29 is 17.9 Å². The lowest BCUT2D eigenvalue weighted by atomic mass is 10.2. The molecule has 0 bridgehead atoms. The van der Waals surface area contributed by atoms with Crippen LogP contribution in [-0.4, -0.2) is 51.0 Å². The highest BCUT2D eigenvalue weighted by Crippen LogP contribution is 2.22. The van der Waals surface area contributed by atoms with Crippen LogP contribution in [0, 0.1) is 0 Å². The third-order valence-corrected chi connectivity index (χ3v) is 5.32. The van der Waals surface area contributed by atoms with Gasteiger partial charge in [-0.2, -0.15) is 4.31 Å². The Kier molecular flexibility index (Phi) is 6.37. The maximum atomic E-state index is 12.8. The summed E-state index contributed by atoms with van der Waals surface area (Å²) in [7, 11) is -2.48. The topological polar surface area (TPSA) is 75.7 Å². The Morgan fingerprint density at radius 2 is 1.77 bits per heavy atom. The Morgan fingerprint density at radius 3 is 2.32 bits per heavy atom. The first-order chi connectivity index (χ1) is 9.86. The number of benzene rings is 1. The number of methoxy groups -OCH3 is 1. The fourth-order valence-electron chi connectivity index (χ4n) is 2.58. The van der Waals surface area contributed by atoms with E-state index in [4.69, 9.17) is 0 Å². The second-order valence-electron chi connectivity index (χ2n) is 5.28. The van der Waals surface area contributed by atoms with E-state index in [0.717, 1.165) is 0 Å². The molecule has 0 saturated carbocycles. The zero-order chi connectivity index (χ0) is 15.6. The molecule has 0 spiro atoms. The monoisotopic (exact) mass is 348 g/mol. The first kappa shape index (κ1) is 18.9. The number of nitrogens with zero attached hydrogens (tertiary/aromatic N) is 1. The Balaban J connectivity index is 0.00000242. The number of hydrogen-bond donors (Lipinski definition) is 1. The maximum Gasteiger partial charge on any atom is 0.339 e. The zero-order valence-electron chi connectivity index (χ0n) is 12.8. The number of carbonyl (C=O) groups is 1. The van der Waals surface area contributed by atoms with Gasteiger partial charge in [-0.3, -0.25) is 0 Å². The molecule has 1 aliphatic heterocycles. The van der Waals surface area contributed by atoms with E-state index in [1.807, 2.05) is 13.8 Å². The Hall–Kier alpha value is -1.15. The first-order valence-electron chi connectivity index (χ1n) is 6.79. The molecule has 0 aliphatic carbocycles. The summed E-state index contributed by atoms with van der Waals surface area (Å²) in [4.78, 5) is 11.8. The van der Waals surface area contributed by atoms with Crippen LogP contribution < -0.4 is 5.32 Å². The summed E-state index contributed by atoms with van der Waals surface area (Å²) in [5, 5.41) is 3.28. The zero-order valence-corrected chi connectivity index (χ0v) is 14.4. The highest BCUT2D eigenvalue weighted by Gasteiger charge is 2.33. The number of carbonyl (C=O) groups excluding carboxylic acids is 1. The molecule has 1 aliphatic rings. The molecular weight excluding hydrogens is 328 g/mol. The van der Waals surface area contributed by atoms with Crippen molar-refractivity contribution in [1.29, 1.82) is 0 Å². The summed E-state index contributed by atoms with van der Waals surface area (Å²) in [6.45, 7) is 4.62. The van der Waals surface area contributed by atoms with Gasteiger partial charge in [0.2, 0.25) is 10.0 Å². The summed E-state index contributed by atoms with van der Waals surface area (Å²) in [6.07, 6.45) is 0. The van der Waals surface area contributed by atoms with Crippen molar-refractivity contribution in [1.82, 2.24) is 9.62 Å². The van der Waals surface area contributed by atoms with Crippen molar-refractivity contribution in [2.75, 3.05) is 20.2 Å². The molecule has 1 heterocycles. The number of halogens is 1. The molecule has 1 N–H and O–H groups in total. The summed E-state index contributed by atoms with van der Waals surface area (Å²) < 4.78 is 31.7. The fourth-order valence-corrected chi connectivity index (χ4v) is 4.38. The minimum atomic E-state index is -3.72. The van der Waals surface area contributed by atoms with Crippen LogP contribution in [0.4, 0.5) is 0 Å². The molecule has 2 rings (SSSR count). The molecule has 1 aromatic rings.